The largest absolute Gasteiger partial charge is 0.481 e. The molecule has 0 unspecified atom stereocenters. The second-order valence-electron chi connectivity index (χ2n) is 2.34. The van der Waals surface area contributed by atoms with E-state index >= 15 is 0 Å². The average molecular weight is 231 g/mol. The molecule has 0 saturated carbocycles. The van der Waals surface area contributed by atoms with E-state index in [0.29, 0.717) is 0 Å². The van der Waals surface area contributed by atoms with Gasteiger partial charge in [-0.15, -0.1) is 0 Å². The number of carbonyl (C=O) groups is 1. The molecule has 9 heteroatoms. The topological polar surface area (TPSA) is 158 Å². The highest BCUT2D eigenvalue weighted by molar-refractivity contribution is 7.83. The van der Waals surface area contributed by atoms with Gasteiger partial charge in [-0.1, -0.05) is 0 Å². The van der Waals surface area contributed by atoms with E-state index in [4.69, 9.17) is 28.3 Å². The zero-order chi connectivity index (χ0) is 11.8. The standard InChI is InChI=1S/C5H10O4.H3NO3S/c6-2-4(3-7)1-5(8)9;1-5(2,3)4/h4,6-7H,1-3H2,(H,8,9);(H3,1,2,3,4). The number of carboxylic acids is 1. The van der Waals surface area contributed by atoms with Gasteiger partial charge >= 0.3 is 16.3 Å². The predicted molar refractivity (Wildman–Crippen MR) is 45.7 cm³/mol. The summed E-state index contributed by atoms with van der Waals surface area (Å²) >= 11 is 0. The molecule has 14 heavy (non-hydrogen) atoms. The first-order valence-corrected chi connectivity index (χ1v) is 4.89. The maximum atomic E-state index is 9.91. The molecule has 0 amide bonds. The van der Waals surface area contributed by atoms with Crippen LogP contribution < -0.4 is 5.14 Å². The van der Waals surface area contributed by atoms with E-state index in [0.717, 1.165) is 0 Å². The lowest BCUT2D eigenvalue weighted by molar-refractivity contribution is -0.138. The first kappa shape index (κ1) is 15.7. The molecular formula is C5H13NO7S. The minimum absolute atomic E-state index is 0.174. The minimum atomic E-state index is -4.17. The molecule has 0 aromatic carbocycles. The van der Waals surface area contributed by atoms with Gasteiger partial charge in [-0.05, 0) is 0 Å². The number of aliphatic hydroxyl groups is 2. The Morgan fingerprint density at radius 3 is 1.64 bits per heavy atom. The normalized spacial score (nSPS) is 10.6. The Hall–Kier alpha value is -0.740. The van der Waals surface area contributed by atoms with Crippen molar-refractivity contribution in [2.45, 2.75) is 6.42 Å². The van der Waals surface area contributed by atoms with Crippen molar-refractivity contribution < 1.29 is 33.1 Å². The van der Waals surface area contributed by atoms with Crippen LogP contribution in [0.15, 0.2) is 0 Å². The van der Waals surface area contributed by atoms with Gasteiger partial charge in [-0.25, -0.2) is 5.14 Å². The number of hydrogen-bond acceptors (Lipinski definition) is 5. The highest BCUT2D eigenvalue weighted by Gasteiger charge is 2.09. The zero-order valence-electron chi connectivity index (χ0n) is 7.20. The Balaban J connectivity index is 0. The van der Waals surface area contributed by atoms with E-state index < -0.39 is 22.2 Å². The Labute approximate surface area is 80.9 Å². The molecule has 8 nitrogen and oxygen atoms in total. The minimum Gasteiger partial charge on any atom is -0.481 e. The van der Waals surface area contributed by atoms with Crippen LogP contribution in [-0.2, 0) is 15.1 Å². The van der Waals surface area contributed by atoms with Crippen LogP contribution in [-0.4, -0.2) is 47.5 Å². The number of hydrogen-bond donors (Lipinski definition) is 5. The summed E-state index contributed by atoms with van der Waals surface area (Å²) in [5, 5.41) is 28.7. The maximum absolute atomic E-state index is 9.91. The number of nitrogens with two attached hydrogens (primary N) is 1. The fourth-order valence-corrected chi connectivity index (χ4v) is 0.434. The maximum Gasteiger partial charge on any atom is 0.330 e. The third kappa shape index (κ3) is 22.5. The van der Waals surface area contributed by atoms with Crippen LogP contribution >= 0.6 is 0 Å². The van der Waals surface area contributed by atoms with Gasteiger partial charge in [0.1, 0.15) is 0 Å². The molecule has 0 saturated heterocycles. The number of aliphatic carboxylic acids is 1. The molecule has 0 radical (unpaired) electrons. The second-order valence-corrected chi connectivity index (χ2v) is 3.37. The van der Waals surface area contributed by atoms with Gasteiger partial charge in [0.2, 0.25) is 0 Å². The van der Waals surface area contributed by atoms with Crippen molar-refractivity contribution in [2.24, 2.45) is 11.1 Å². The van der Waals surface area contributed by atoms with Crippen LogP contribution in [0.4, 0.5) is 0 Å². The Morgan fingerprint density at radius 2 is 1.57 bits per heavy atom. The summed E-state index contributed by atoms with van der Waals surface area (Å²) in [6.07, 6.45) is -0.174. The highest BCUT2D eigenvalue weighted by Crippen LogP contribution is 1.98. The molecule has 0 rings (SSSR count). The number of carboxylic acid groups (broad SMARTS) is 1. The van der Waals surface area contributed by atoms with E-state index in [1.807, 2.05) is 0 Å². The monoisotopic (exact) mass is 231 g/mol. The second kappa shape index (κ2) is 7.64. The molecule has 0 aliphatic rings. The van der Waals surface area contributed by atoms with Crippen LogP contribution in [0.2, 0.25) is 0 Å². The lowest BCUT2D eigenvalue weighted by Gasteiger charge is -2.04. The first-order chi connectivity index (χ1) is 6.20. The third-order valence-corrected chi connectivity index (χ3v) is 0.980. The zero-order valence-corrected chi connectivity index (χ0v) is 8.01. The van der Waals surface area contributed by atoms with Gasteiger partial charge in [-0.2, -0.15) is 8.42 Å². The van der Waals surface area contributed by atoms with Gasteiger partial charge in [0.05, 0.1) is 6.42 Å². The lowest BCUT2D eigenvalue weighted by atomic mass is 10.1. The smallest absolute Gasteiger partial charge is 0.330 e. The van der Waals surface area contributed by atoms with Crippen LogP contribution in [0.3, 0.4) is 0 Å². The van der Waals surface area contributed by atoms with Crippen molar-refractivity contribution in [3.05, 3.63) is 0 Å². The summed E-state index contributed by atoms with van der Waals surface area (Å²) in [6, 6.07) is 0. The molecule has 0 atom stereocenters. The van der Waals surface area contributed by atoms with Gasteiger partial charge in [-0.3, -0.25) is 9.35 Å². The van der Waals surface area contributed by atoms with Crippen molar-refractivity contribution in [2.75, 3.05) is 13.2 Å². The molecule has 0 fully saturated rings. The van der Waals surface area contributed by atoms with Gasteiger partial charge in [0.15, 0.2) is 0 Å². The number of aliphatic hydroxyl groups excluding tert-OH is 2. The van der Waals surface area contributed by atoms with E-state index in [-0.39, 0.29) is 19.6 Å². The SMILES string of the molecule is NS(=O)(=O)O.O=C(O)CC(CO)CO. The molecular weight excluding hydrogens is 218 g/mol. The van der Waals surface area contributed by atoms with Crippen LogP contribution in [0.25, 0.3) is 0 Å². The summed E-state index contributed by atoms with van der Waals surface area (Å²) in [7, 11) is -4.17. The Morgan fingerprint density at radius 1 is 1.29 bits per heavy atom. The first-order valence-electron chi connectivity index (χ1n) is 3.39. The molecule has 0 aromatic rings. The summed E-state index contributed by atoms with van der Waals surface area (Å²) in [5.41, 5.74) is 0. The summed E-state index contributed by atoms with van der Waals surface area (Å²) < 4.78 is 25.2. The molecule has 0 bridgehead atoms. The van der Waals surface area contributed by atoms with Gasteiger partial charge in [0, 0.05) is 19.1 Å². The van der Waals surface area contributed by atoms with Crippen LogP contribution in [0, 0.1) is 5.92 Å². The molecule has 0 aliphatic carbocycles. The quantitative estimate of drug-likeness (QED) is 0.343. The van der Waals surface area contributed by atoms with Gasteiger partial charge in [0.25, 0.3) is 0 Å². The van der Waals surface area contributed by atoms with E-state index in [2.05, 4.69) is 5.14 Å². The van der Waals surface area contributed by atoms with Crippen LogP contribution in [0.5, 0.6) is 0 Å². The molecule has 0 spiro atoms. The summed E-state index contributed by atoms with van der Waals surface area (Å²) in [5.74, 6) is -1.51. The molecule has 0 heterocycles. The summed E-state index contributed by atoms with van der Waals surface area (Å²) in [4.78, 5) is 9.91. The van der Waals surface area contributed by atoms with E-state index in [1.165, 1.54) is 0 Å². The van der Waals surface area contributed by atoms with Crippen molar-refractivity contribution >= 4 is 16.3 Å². The lowest BCUT2D eigenvalue weighted by Crippen LogP contribution is -2.15. The number of rotatable bonds is 4. The van der Waals surface area contributed by atoms with E-state index in [9.17, 15) is 4.79 Å². The molecule has 0 aliphatic heterocycles. The predicted octanol–water partition coefficient (Wildman–Crippen LogP) is -2.19. The molecule has 86 valence electrons. The molecule has 0 aromatic heterocycles. The van der Waals surface area contributed by atoms with Crippen molar-refractivity contribution in [3.8, 4) is 0 Å². The Bertz CT molecular complexity index is 237. The third-order valence-electron chi connectivity index (χ3n) is 0.980. The van der Waals surface area contributed by atoms with E-state index in [1.54, 1.807) is 0 Å². The van der Waals surface area contributed by atoms with Gasteiger partial charge < -0.3 is 15.3 Å². The van der Waals surface area contributed by atoms with Crippen molar-refractivity contribution in [3.63, 3.8) is 0 Å². The average Bonchev–Trinajstić information content (AvgIpc) is 1.96. The molecule has 6 N–H and O–H groups in total. The van der Waals surface area contributed by atoms with Crippen molar-refractivity contribution in [1.29, 1.82) is 0 Å². The summed E-state index contributed by atoms with van der Waals surface area (Å²) in [6.45, 7) is -0.550. The Kier molecular flexibility index (Phi) is 8.58. The van der Waals surface area contributed by atoms with Crippen LogP contribution in [0.1, 0.15) is 6.42 Å². The van der Waals surface area contributed by atoms with Crippen molar-refractivity contribution in [1.82, 2.24) is 0 Å². The fraction of sp³-hybridized carbons (Fsp3) is 0.800. The highest BCUT2D eigenvalue weighted by atomic mass is 32.2. The fourth-order valence-electron chi connectivity index (χ4n) is 0.434.